The van der Waals surface area contributed by atoms with E-state index in [1.54, 1.807) is 6.07 Å². The standard InChI is InChI=1S/C8H7ClO3.C6H5ClO2/c9-4-8(12)5-1-2-6(10)7(11)3-5;7-4-2-1-3-5(8)6(4)9/h1-3,10-11H,4H2;1-3,8-9H. The molecule has 0 fully saturated rings. The van der Waals surface area contributed by atoms with Gasteiger partial charge in [-0.15, -0.1) is 11.6 Å². The van der Waals surface area contributed by atoms with Crippen LogP contribution in [-0.4, -0.2) is 32.1 Å². The molecule has 112 valence electrons. The van der Waals surface area contributed by atoms with E-state index in [2.05, 4.69) is 0 Å². The minimum Gasteiger partial charge on any atom is -0.504 e. The van der Waals surface area contributed by atoms with Crippen molar-refractivity contribution in [1.29, 1.82) is 0 Å². The maximum Gasteiger partial charge on any atom is 0.177 e. The lowest BCUT2D eigenvalue weighted by Crippen LogP contribution is -1.99. The second-order valence-electron chi connectivity index (χ2n) is 3.87. The molecule has 0 radical (unpaired) electrons. The van der Waals surface area contributed by atoms with E-state index in [-0.39, 0.29) is 39.7 Å². The fraction of sp³-hybridized carbons (Fsp3) is 0.0714. The summed E-state index contributed by atoms with van der Waals surface area (Å²) < 4.78 is 0. The van der Waals surface area contributed by atoms with Crippen molar-refractivity contribution in [3.8, 4) is 23.0 Å². The fourth-order valence-electron chi connectivity index (χ4n) is 1.28. The van der Waals surface area contributed by atoms with E-state index in [1.807, 2.05) is 0 Å². The summed E-state index contributed by atoms with van der Waals surface area (Å²) in [6.07, 6.45) is 0. The summed E-state index contributed by atoms with van der Waals surface area (Å²) in [5, 5.41) is 35.7. The van der Waals surface area contributed by atoms with Gasteiger partial charge in [0, 0.05) is 5.56 Å². The Morgan fingerprint density at radius 2 is 1.62 bits per heavy atom. The highest BCUT2D eigenvalue weighted by Crippen LogP contribution is 2.31. The van der Waals surface area contributed by atoms with Crippen molar-refractivity contribution in [3.05, 3.63) is 47.0 Å². The zero-order valence-corrected chi connectivity index (χ0v) is 12.1. The Bertz CT molecular complexity index is 623. The molecule has 0 saturated carbocycles. The Kier molecular flexibility index (Phi) is 6.14. The maximum atomic E-state index is 11.0. The minimum absolute atomic E-state index is 0.135. The molecule has 0 aliphatic heterocycles. The summed E-state index contributed by atoms with van der Waals surface area (Å²) in [5.41, 5.74) is 0.292. The predicted molar refractivity (Wildman–Crippen MR) is 79.6 cm³/mol. The van der Waals surface area contributed by atoms with Crippen LogP contribution >= 0.6 is 23.2 Å². The molecule has 0 amide bonds. The molecule has 0 aliphatic rings. The third-order valence-electron chi connectivity index (χ3n) is 2.38. The van der Waals surface area contributed by atoms with Gasteiger partial charge in [0.15, 0.2) is 28.8 Å². The van der Waals surface area contributed by atoms with E-state index >= 15 is 0 Å². The van der Waals surface area contributed by atoms with Gasteiger partial charge in [-0.1, -0.05) is 17.7 Å². The minimum atomic E-state index is -0.314. The Hall–Kier alpha value is -2.11. The first-order valence-corrected chi connectivity index (χ1v) is 6.55. The van der Waals surface area contributed by atoms with E-state index in [9.17, 15) is 4.79 Å². The third-order valence-corrected chi connectivity index (χ3v) is 2.93. The Morgan fingerprint density at radius 1 is 0.952 bits per heavy atom. The van der Waals surface area contributed by atoms with Crippen LogP contribution < -0.4 is 0 Å². The van der Waals surface area contributed by atoms with Crippen LogP contribution in [0.3, 0.4) is 0 Å². The van der Waals surface area contributed by atoms with E-state index in [0.717, 1.165) is 0 Å². The number of hydrogen-bond acceptors (Lipinski definition) is 5. The van der Waals surface area contributed by atoms with Crippen LogP contribution in [0.4, 0.5) is 0 Å². The molecule has 4 N–H and O–H groups in total. The van der Waals surface area contributed by atoms with Crippen LogP contribution in [0.1, 0.15) is 10.4 Å². The molecule has 7 heteroatoms. The van der Waals surface area contributed by atoms with Gasteiger partial charge in [0.25, 0.3) is 0 Å². The normalized spacial score (nSPS) is 9.62. The van der Waals surface area contributed by atoms with Gasteiger partial charge in [0.1, 0.15) is 0 Å². The number of phenols is 4. The zero-order valence-electron chi connectivity index (χ0n) is 10.6. The second-order valence-corrected chi connectivity index (χ2v) is 4.54. The number of hydrogen-bond donors (Lipinski definition) is 4. The zero-order chi connectivity index (χ0) is 16.0. The Balaban J connectivity index is 0.000000219. The van der Waals surface area contributed by atoms with Crippen LogP contribution in [0.5, 0.6) is 23.0 Å². The van der Waals surface area contributed by atoms with Gasteiger partial charge in [-0.3, -0.25) is 4.79 Å². The fourth-order valence-corrected chi connectivity index (χ4v) is 1.60. The average molecular weight is 331 g/mol. The number of rotatable bonds is 2. The number of Topliss-reactive ketones (excluding diaryl/α,β-unsaturated/α-hetero) is 1. The van der Waals surface area contributed by atoms with Gasteiger partial charge >= 0.3 is 0 Å². The number of benzene rings is 2. The summed E-state index contributed by atoms with van der Waals surface area (Å²) in [6, 6.07) is 8.24. The molecule has 0 unspecified atom stereocenters. The average Bonchev–Trinajstić information content (AvgIpc) is 2.47. The molecular weight excluding hydrogens is 319 g/mol. The Labute approximate surface area is 130 Å². The van der Waals surface area contributed by atoms with Crippen molar-refractivity contribution < 1.29 is 25.2 Å². The number of ketones is 1. The van der Waals surface area contributed by atoms with Crippen molar-refractivity contribution in [3.63, 3.8) is 0 Å². The van der Waals surface area contributed by atoms with Crippen LogP contribution in [-0.2, 0) is 0 Å². The number of carbonyl (C=O) groups is 1. The number of halogens is 2. The molecule has 5 nitrogen and oxygen atoms in total. The lowest BCUT2D eigenvalue weighted by Gasteiger charge is -1.99. The second kappa shape index (κ2) is 7.61. The largest absolute Gasteiger partial charge is 0.504 e. The molecular formula is C14H12Cl2O5. The summed E-state index contributed by atoms with van der Waals surface area (Å²) in [7, 11) is 0. The van der Waals surface area contributed by atoms with Crippen LogP contribution in [0, 0.1) is 0 Å². The smallest absolute Gasteiger partial charge is 0.177 e. The van der Waals surface area contributed by atoms with Crippen molar-refractivity contribution >= 4 is 29.0 Å². The molecule has 2 aromatic carbocycles. The monoisotopic (exact) mass is 330 g/mol. The highest BCUT2D eigenvalue weighted by molar-refractivity contribution is 6.32. The van der Waals surface area contributed by atoms with E-state index in [0.29, 0.717) is 5.56 Å². The number of alkyl halides is 1. The van der Waals surface area contributed by atoms with E-state index in [4.69, 9.17) is 43.6 Å². The van der Waals surface area contributed by atoms with Crippen molar-refractivity contribution in [2.45, 2.75) is 0 Å². The van der Waals surface area contributed by atoms with Gasteiger partial charge in [0.05, 0.1) is 10.9 Å². The SMILES string of the molecule is O=C(CCl)c1ccc(O)c(O)c1.Oc1cccc(Cl)c1O. The molecule has 21 heavy (non-hydrogen) atoms. The summed E-state index contributed by atoms with van der Waals surface area (Å²) in [6.45, 7) is 0. The van der Waals surface area contributed by atoms with Gasteiger partial charge in [-0.05, 0) is 30.3 Å². The van der Waals surface area contributed by atoms with Crippen molar-refractivity contribution in [1.82, 2.24) is 0 Å². The molecule has 0 spiro atoms. The highest BCUT2D eigenvalue weighted by atomic mass is 35.5. The number of aromatic hydroxyl groups is 4. The van der Waals surface area contributed by atoms with Crippen molar-refractivity contribution in [2.75, 3.05) is 5.88 Å². The molecule has 0 bridgehead atoms. The maximum absolute atomic E-state index is 11.0. The first kappa shape index (κ1) is 16.9. The lowest BCUT2D eigenvalue weighted by molar-refractivity contribution is 0.102. The number of para-hydroxylation sites is 1. The molecule has 0 aliphatic carbocycles. The molecule has 0 heterocycles. The van der Waals surface area contributed by atoms with Crippen molar-refractivity contribution in [2.24, 2.45) is 0 Å². The molecule has 0 atom stereocenters. The van der Waals surface area contributed by atoms with Crippen LogP contribution in [0.2, 0.25) is 5.02 Å². The van der Waals surface area contributed by atoms with Crippen LogP contribution in [0.15, 0.2) is 36.4 Å². The molecule has 0 saturated heterocycles. The summed E-state index contributed by atoms with van der Waals surface area (Å²) in [5.74, 6) is -1.44. The van der Waals surface area contributed by atoms with Crippen LogP contribution in [0.25, 0.3) is 0 Å². The summed E-state index contributed by atoms with van der Waals surface area (Å²) >= 11 is 10.7. The predicted octanol–water partition coefficient (Wildman–Crippen LogP) is 3.27. The van der Waals surface area contributed by atoms with Gasteiger partial charge in [-0.25, -0.2) is 0 Å². The number of phenolic OH excluding ortho intramolecular Hbond substituents is 4. The first-order valence-electron chi connectivity index (χ1n) is 5.64. The molecule has 2 aromatic rings. The highest BCUT2D eigenvalue weighted by Gasteiger charge is 2.06. The van der Waals surface area contributed by atoms with Gasteiger partial charge in [-0.2, -0.15) is 0 Å². The van der Waals surface area contributed by atoms with Gasteiger partial charge < -0.3 is 20.4 Å². The third kappa shape index (κ3) is 4.73. The quantitative estimate of drug-likeness (QED) is 0.385. The Morgan fingerprint density at radius 3 is 2.10 bits per heavy atom. The molecule has 2 rings (SSSR count). The van der Waals surface area contributed by atoms with Gasteiger partial charge in [0.2, 0.25) is 0 Å². The topological polar surface area (TPSA) is 98.0 Å². The van der Waals surface area contributed by atoms with E-state index < -0.39 is 0 Å². The molecule has 0 aromatic heterocycles. The van der Waals surface area contributed by atoms with E-state index in [1.165, 1.54) is 30.3 Å². The number of carbonyl (C=O) groups excluding carboxylic acids is 1. The first-order chi connectivity index (χ1) is 9.86. The summed E-state index contributed by atoms with van der Waals surface area (Å²) in [4.78, 5) is 11.0. The lowest BCUT2D eigenvalue weighted by atomic mass is 10.1.